The van der Waals surface area contributed by atoms with E-state index in [1.54, 1.807) is 24.3 Å². The summed E-state index contributed by atoms with van der Waals surface area (Å²) in [7, 11) is 0. The Morgan fingerprint density at radius 3 is 2.50 bits per heavy atom. The SMILES string of the molecule is Nc1nc(NCCCc2ccccc2)cc(-c2ccccc2F)n1. The maximum atomic E-state index is 13.9. The molecular formula is C19H19FN4. The molecule has 0 aliphatic carbocycles. The Morgan fingerprint density at radius 1 is 0.958 bits per heavy atom. The summed E-state index contributed by atoms with van der Waals surface area (Å²) in [6.07, 6.45) is 1.94. The van der Waals surface area contributed by atoms with Crippen molar-refractivity contribution in [3.8, 4) is 11.3 Å². The molecule has 0 radical (unpaired) electrons. The number of anilines is 2. The molecule has 0 aliphatic heterocycles. The van der Waals surface area contributed by atoms with Crippen LogP contribution >= 0.6 is 0 Å². The van der Waals surface area contributed by atoms with Crippen LogP contribution in [-0.4, -0.2) is 16.5 Å². The van der Waals surface area contributed by atoms with Gasteiger partial charge in [0.1, 0.15) is 11.6 Å². The second-order valence-corrected chi connectivity index (χ2v) is 5.49. The number of aryl methyl sites for hydroxylation is 1. The van der Waals surface area contributed by atoms with E-state index in [0.717, 1.165) is 19.4 Å². The molecule has 2 aromatic carbocycles. The standard InChI is InChI=1S/C19H19FN4/c20-16-11-5-4-10-15(16)17-13-18(24-19(21)23-17)22-12-6-9-14-7-2-1-3-8-14/h1-5,7-8,10-11,13H,6,9,12H2,(H3,21,22,23,24). The third-order valence-corrected chi connectivity index (χ3v) is 3.68. The molecule has 0 bridgehead atoms. The minimum absolute atomic E-state index is 0.126. The molecule has 0 saturated heterocycles. The lowest BCUT2D eigenvalue weighted by Crippen LogP contribution is -2.07. The predicted molar refractivity (Wildman–Crippen MR) is 95.1 cm³/mol. The van der Waals surface area contributed by atoms with Crippen molar-refractivity contribution in [2.45, 2.75) is 12.8 Å². The highest BCUT2D eigenvalue weighted by Crippen LogP contribution is 2.23. The number of halogens is 1. The Balaban J connectivity index is 1.65. The molecule has 3 N–H and O–H groups in total. The summed E-state index contributed by atoms with van der Waals surface area (Å²) in [6.45, 7) is 0.752. The lowest BCUT2D eigenvalue weighted by Gasteiger charge is -2.09. The second kappa shape index (κ2) is 7.55. The third-order valence-electron chi connectivity index (χ3n) is 3.68. The Labute approximate surface area is 140 Å². The fourth-order valence-corrected chi connectivity index (χ4v) is 2.52. The second-order valence-electron chi connectivity index (χ2n) is 5.49. The van der Waals surface area contributed by atoms with Crippen molar-refractivity contribution >= 4 is 11.8 Å². The van der Waals surface area contributed by atoms with Gasteiger partial charge in [-0.2, -0.15) is 4.98 Å². The first-order valence-electron chi connectivity index (χ1n) is 7.89. The lowest BCUT2D eigenvalue weighted by molar-refractivity contribution is 0.630. The van der Waals surface area contributed by atoms with Gasteiger partial charge >= 0.3 is 0 Å². The fraction of sp³-hybridized carbons (Fsp3) is 0.158. The Bertz CT molecular complexity index is 805. The fourth-order valence-electron chi connectivity index (χ4n) is 2.52. The maximum absolute atomic E-state index is 13.9. The molecule has 1 aromatic heterocycles. The number of rotatable bonds is 6. The first kappa shape index (κ1) is 15.9. The topological polar surface area (TPSA) is 63.8 Å². The van der Waals surface area contributed by atoms with Crippen LogP contribution in [0.3, 0.4) is 0 Å². The van der Waals surface area contributed by atoms with Gasteiger partial charge in [0.15, 0.2) is 0 Å². The zero-order chi connectivity index (χ0) is 16.8. The molecule has 0 spiro atoms. The van der Waals surface area contributed by atoms with Crippen LogP contribution in [0, 0.1) is 5.82 Å². The number of nitrogen functional groups attached to an aromatic ring is 1. The van der Waals surface area contributed by atoms with E-state index < -0.39 is 0 Å². The number of benzene rings is 2. The summed E-state index contributed by atoms with van der Waals surface area (Å²) >= 11 is 0. The van der Waals surface area contributed by atoms with Crippen LogP contribution in [0.25, 0.3) is 11.3 Å². The summed E-state index contributed by atoms with van der Waals surface area (Å²) < 4.78 is 13.9. The van der Waals surface area contributed by atoms with Crippen LogP contribution in [-0.2, 0) is 6.42 Å². The molecule has 24 heavy (non-hydrogen) atoms. The Morgan fingerprint density at radius 2 is 1.71 bits per heavy atom. The normalized spacial score (nSPS) is 10.5. The zero-order valence-corrected chi connectivity index (χ0v) is 13.2. The van der Waals surface area contributed by atoms with E-state index in [1.807, 2.05) is 18.2 Å². The van der Waals surface area contributed by atoms with Crippen LogP contribution in [0.2, 0.25) is 0 Å². The highest BCUT2D eigenvalue weighted by atomic mass is 19.1. The van der Waals surface area contributed by atoms with Gasteiger partial charge in [0, 0.05) is 18.2 Å². The van der Waals surface area contributed by atoms with Crippen molar-refractivity contribution in [2.24, 2.45) is 0 Å². The van der Waals surface area contributed by atoms with Gasteiger partial charge in [0.2, 0.25) is 5.95 Å². The minimum atomic E-state index is -0.328. The van der Waals surface area contributed by atoms with E-state index in [1.165, 1.54) is 11.6 Å². The monoisotopic (exact) mass is 322 g/mol. The predicted octanol–water partition coefficient (Wildman–Crippen LogP) is 3.91. The number of nitrogens with one attached hydrogen (secondary N) is 1. The first-order chi connectivity index (χ1) is 11.7. The summed E-state index contributed by atoms with van der Waals surface area (Å²) in [5.74, 6) is 0.403. The molecule has 0 fully saturated rings. The molecule has 3 rings (SSSR count). The molecule has 1 heterocycles. The average molecular weight is 322 g/mol. The highest BCUT2D eigenvalue weighted by Gasteiger charge is 2.08. The van der Waals surface area contributed by atoms with Crippen molar-refractivity contribution in [3.63, 3.8) is 0 Å². The Kier molecular flexibility index (Phi) is 5.01. The highest BCUT2D eigenvalue weighted by molar-refractivity contribution is 5.64. The van der Waals surface area contributed by atoms with Crippen molar-refractivity contribution in [1.29, 1.82) is 0 Å². The molecule has 0 atom stereocenters. The van der Waals surface area contributed by atoms with Gasteiger partial charge in [0.25, 0.3) is 0 Å². The molecule has 122 valence electrons. The number of hydrogen-bond donors (Lipinski definition) is 2. The van der Waals surface area contributed by atoms with Crippen LogP contribution < -0.4 is 11.1 Å². The van der Waals surface area contributed by atoms with Gasteiger partial charge < -0.3 is 11.1 Å². The summed E-state index contributed by atoms with van der Waals surface area (Å²) in [5, 5.41) is 3.23. The van der Waals surface area contributed by atoms with Crippen molar-refractivity contribution in [1.82, 2.24) is 9.97 Å². The molecular weight excluding hydrogens is 303 g/mol. The number of hydrogen-bond acceptors (Lipinski definition) is 4. The van der Waals surface area contributed by atoms with Crippen molar-refractivity contribution in [2.75, 3.05) is 17.6 Å². The molecule has 0 aliphatic rings. The lowest BCUT2D eigenvalue weighted by atomic mass is 10.1. The van der Waals surface area contributed by atoms with Gasteiger partial charge in [-0.3, -0.25) is 0 Å². The number of nitrogens with zero attached hydrogens (tertiary/aromatic N) is 2. The molecule has 3 aromatic rings. The molecule has 0 unspecified atom stereocenters. The van der Waals surface area contributed by atoms with E-state index in [2.05, 4.69) is 27.4 Å². The molecule has 0 saturated carbocycles. The summed E-state index contributed by atoms with van der Waals surface area (Å²) in [5.41, 5.74) is 7.95. The van der Waals surface area contributed by atoms with E-state index in [9.17, 15) is 4.39 Å². The Hall–Kier alpha value is -2.95. The van der Waals surface area contributed by atoms with Crippen LogP contribution in [0.1, 0.15) is 12.0 Å². The summed E-state index contributed by atoms with van der Waals surface area (Å²) in [6, 6.07) is 18.5. The molecule has 0 amide bonds. The molecule has 5 heteroatoms. The van der Waals surface area contributed by atoms with Crippen LogP contribution in [0.5, 0.6) is 0 Å². The maximum Gasteiger partial charge on any atom is 0.222 e. The largest absolute Gasteiger partial charge is 0.370 e. The van der Waals surface area contributed by atoms with E-state index in [0.29, 0.717) is 17.1 Å². The smallest absolute Gasteiger partial charge is 0.222 e. The van der Waals surface area contributed by atoms with Gasteiger partial charge in [-0.1, -0.05) is 42.5 Å². The van der Waals surface area contributed by atoms with E-state index in [4.69, 9.17) is 5.73 Å². The quantitative estimate of drug-likeness (QED) is 0.675. The number of nitrogens with two attached hydrogens (primary N) is 1. The van der Waals surface area contributed by atoms with Gasteiger partial charge in [0.05, 0.1) is 5.69 Å². The van der Waals surface area contributed by atoms with E-state index >= 15 is 0 Å². The third kappa shape index (κ3) is 4.07. The van der Waals surface area contributed by atoms with Crippen LogP contribution in [0.4, 0.5) is 16.2 Å². The van der Waals surface area contributed by atoms with Gasteiger partial charge in [-0.15, -0.1) is 0 Å². The van der Waals surface area contributed by atoms with Crippen LogP contribution in [0.15, 0.2) is 60.7 Å². The van der Waals surface area contributed by atoms with Gasteiger partial charge in [-0.05, 0) is 30.5 Å². The summed E-state index contributed by atoms with van der Waals surface area (Å²) in [4.78, 5) is 8.29. The molecule has 4 nitrogen and oxygen atoms in total. The van der Waals surface area contributed by atoms with Gasteiger partial charge in [-0.25, -0.2) is 9.37 Å². The zero-order valence-electron chi connectivity index (χ0n) is 13.2. The van der Waals surface area contributed by atoms with Crippen molar-refractivity contribution in [3.05, 3.63) is 72.0 Å². The van der Waals surface area contributed by atoms with Crippen molar-refractivity contribution < 1.29 is 4.39 Å². The minimum Gasteiger partial charge on any atom is -0.370 e. The number of aromatic nitrogens is 2. The average Bonchev–Trinajstić information content (AvgIpc) is 2.60. The van der Waals surface area contributed by atoms with E-state index in [-0.39, 0.29) is 11.8 Å². The first-order valence-corrected chi connectivity index (χ1v) is 7.89.